The van der Waals surface area contributed by atoms with Gasteiger partial charge in [0.1, 0.15) is 0 Å². The van der Waals surface area contributed by atoms with E-state index in [-0.39, 0.29) is 17.7 Å². The maximum absolute atomic E-state index is 13.1. The van der Waals surface area contributed by atoms with Crippen molar-refractivity contribution >= 4 is 74.1 Å². The van der Waals surface area contributed by atoms with E-state index in [1.165, 1.54) is 4.90 Å². The molecule has 0 saturated carbocycles. The molecule has 1 aromatic heterocycles. The molecule has 33 heavy (non-hydrogen) atoms. The molecule has 0 aliphatic carbocycles. The molecule has 1 aliphatic heterocycles. The summed E-state index contributed by atoms with van der Waals surface area (Å²) in [6.07, 6.45) is 3.84. The minimum Gasteiger partial charge on any atom is -0.342 e. The molecule has 0 N–H and O–H groups in total. The second-order valence-electron chi connectivity index (χ2n) is 7.72. The monoisotopic (exact) mass is 584 g/mol. The first-order valence-electron chi connectivity index (χ1n) is 10.3. The van der Waals surface area contributed by atoms with Crippen molar-refractivity contribution in [1.82, 2.24) is 9.47 Å². The fourth-order valence-electron chi connectivity index (χ4n) is 3.88. The molecule has 1 saturated heterocycles. The Labute approximate surface area is 214 Å². The lowest BCUT2D eigenvalue weighted by Crippen LogP contribution is -2.27. The van der Waals surface area contributed by atoms with Crippen molar-refractivity contribution in [2.75, 3.05) is 0 Å². The Morgan fingerprint density at radius 1 is 0.909 bits per heavy atom. The average Bonchev–Trinajstić information content (AvgIpc) is 3.29. The van der Waals surface area contributed by atoms with Gasteiger partial charge in [0.2, 0.25) is 0 Å². The van der Waals surface area contributed by atoms with E-state index >= 15 is 0 Å². The lowest BCUT2D eigenvalue weighted by atomic mass is 10.1. The summed E-state index contributed by atoms with van der Waals surface area (Å²) in [5, 5.41) is 1.49. The molecular formula is C26H18ClIN2O2S. The number of benzene rings is 3. The van der Waals surface area contributed by atoms with Crippen LogP contribution in [-0.4, -0.2) is 20.6 Å². The number of hydrogen-bond acceptors (Lipinski definition) is 3. The fourth-order valence-corrected chi connectivity index (χ4v) is 5.27. The highest BCUT2D eigenvalue weighted by molar-refractivity contribution is 14.1. The highest BCUT2D eigenvalue weighted by atomic mass is 127. The zero-order chi connectivity index (χ0) is 22.9. The molecular weight excluding hydrogens is 567 g/mol. The van der Waals surface area contributed by atoms with Gasteiger partial charge in [0.25, 0.3) is 11.1 Å². The highest BCUT2D eigenvalue weighted by Gasteiger charge is 2.35. The minimum atomic E-state index is -0.258. The first kappa shape index (κ1) is 22.3. The molecule has 0 unspecified atom stereocenters. The van der Waals surface area contributed by atoms with E-state index in [9.17, 15) is 9.59 Å². The number of halogens is 2. The summed E-state index contributed by atoms with van der Waals surface area (Å²) < 4.78 is 3.23. The number of nitrogens with zero attached hydrogens (tertiary/aromatic N) is 2. The Kier molecular flexibility index (Phi) is 6.32. The minimum absolute atomic E-state index is 0.246. The van der Waals surface area contributed by atoms with Crippen LogP contribution in [0.4, 0.5) is 4.79 Å². The van der Waals surface area contributed by atoms with Gasteiger partial charge in [-0.2, -0.15) is 0 Å². The lowest BCUT2D eigenvalue weighted by molar-refractivity contribution is -0.123. The van der Waals surface area contributed by atoms with E-state index in [1.807, 2.05) is 85.1 Å². The van der Waals surface area contributed by atoms with Gasteiger partial charge in [0.15, 0.2) is 0 Å². The molecule has 0 spiro atoms. The zero-order valence-corrected chi connectivity index (χ0v) is 21.1. The molecule has 2 heterocycles. The van der Waals surface area contributed by atoms with E-state index in [4.69, 9.17) is 11.6 Å². The first-order valence-corrected chi connectivity index (χ1v) is 12.6. The van der Waals surface area contributed by atoms with Gasteiger partial charge in [-0.3, -0.25) is 14.5 Å². The number of fused-ring (bicyclic) bond motifs is 1. The van der Waals surface area contributed by atoms with Crippen molar-refractivity contribution in [1.29, 1.82) is 0 Å². The first-order chi connectivity index (χ1) is 16.0. The number of carbonyl (C=O) groups excluding carboxylic acids is 2. The largest absolute Gasteiger partial charge is 0.342 e. The number of amides is 2. The summed E-state index contributed by atoms with van der Waals surface area (Å²) in [6, 6.07) is 23.6. The van der Waals surface area contributed by atoms with Gasteiger partial charge in [-0.1, -0.05) is 60.1 Å². The normalized spacial score (nSPS) is 15.2. The standard InChI is InChI=1S/C26H18ClIN2O2S/c27-22-7-3-1-5-18(22)15-29-16-19(21-6-2-4-8-23(21)29)13-24-25(31)30(26(32)33-24)14-17-9-11-20(28)12-10-17/h1-13,16H,14-15H2/b24-13+. The number of aromatic nitrogens is 1. The van der Waals surface area contributed by atoms with Crippen LogP contribution in [0.3, 0.4) is 0 Å². The fraction of sp³-hybridized carbons (Fsp3) is 0.0769. The van der Waals surface area contributed by atoms with Gasteiger partial charge in [-0.05, 0) is 75.8 Å². The van der Waals surface area contributed by atoms with E-state index in [2.05, 4.69) is 27.2 Å². The van der Waals surface area contributed by atoms with Gasteiger partial charge in [0.05, 0.1) is 11.4 Å². The van der Waals surface area contributed by atoms with Crippen LogP contribution in [0.1, 0.15) is 16.7 Å². The van der Waals surface area contributed by atoms with E-state index in [0.29, 0.717) is 16.5 Å². The maximum atomic E-state index is 13.1. The average molecular weight is 585 g/mol. The van der Waals surface area contributed by atoms with Crippen LogP contribution in [0.15, 0.2) is 83.9 Å². The third kappa shape index (κ3) is 4.60. The van der Waals surface area contributed by atoms with Crippen LogP contribution >= 0.6 is 46.0 Å². The highest BCUT2D eigenvalue weighted by Crippen LogP contribution is 2.35. The van der Waals surface area contributed by atoms with Crippen molar-refractivity contribution in [3.63, 3.8) is 0 Å². The van der Waals surface area contributed by atoms with Crippen LogP contribution in [0, 0.1) is 3.57 Å². The molecule has 0 bridgehead atoms. The molecule has 3 aromatic carbocycles. The summed E-state index contributed by atoms with van der Waals surface area (Å²) in [4.78, 5) is 27.4. The van der Waals surface area contributed by atoms with Crippen molar-refractivity contribution in [3.05, 3.63) is 109 Å². The second kappa shape index (κ2) is 9.37. The van der Waals surface area contributed by atoms with Gasteiger partial charge >= 0.3 is 0 Å². The van der Waals surface area contributed by atoms with Gasteiger partial charge in [0, 0.05) is 37.8 Å². The Balaban J connectivity index is 1.46. The predicted octanol–water partition coefficient (Wildman–Crippen LogP) is 7.18. The van der Waals surface area contributed by atoms with E-state index in [0.717, 1.165) is 42.9 Å². The third-order valence-corrected chi connectivity index (χ3v) is 7.53. The Bertz CT molecular complexity index is 1410. The van der Waals surface area contributed by atoms with Gasteiger partial charge < -0.3 is 4.57 Å². The number of para-hydroxylation sites is 1. The number of hydrogen-bond donors (Lipinski definition) is 0. The molecule has 4 nitrogen and oxygen atoms in total. The predicted molar refractivity (Wildman–Crippen MR) is 143 cm³/mol. The van der Waals surface area contributed by atoms with Crippen LogP contribution in [0.2, 0.25) is 5.02 Å². The number of carbonyl (C=O) groups is 2. The Hall–Kier alpha value is -2.55. The molecule has 0 radical (unpaired) electrons. The smallest absolute Gasteiger partial charge is 0.293 e. The molecule has 2 amide bonds. The third-order valence-electron chi connectivity index (χ3n) is 5.53. The maximum Gasteiger partial charge on any atom is 0.293 e. The van der Waals surface area contributed by atoms with Crippen LogP contribution in [-0.2, 0) is 17.9 Å². The Morgan fingerprint density at radius 2 is 1.64 bits per heavy atom. The van der Waals surface area contributed by atoms with Crippen LogP contribution in [0.25, 0.3) is 17.0 Å². The Morgan fingerprint density at radius 3 is 2.42 bits per heavy atom. The van der Waals surface area contributed by atoms with Crippen LogP contribution < -0.4 is 0 Å². The molecule has 7 heteroatoms. The van der Waals surface area contributed by atoms with Crippen molar-refractivity contribution < 1.29 is 9.59 Å². The summed E-state index contributed by atoms with van der Waals surface area (Å²) in [6.45, 7) is 0.884. The number of imide groups is 1. The molecule has 0 atom stereocenters. The van der Waals surface area contributed by atoms with Crippen molar-refractivity contribution in [2.45, 2.75) is 13.1 Å². The summed E-state index contributed by atoms with van der Waals surface area (Å²) in [5.74, 6) is -0.258. The molecule has 164 valence electrons. The van der Waals surface area contributed by atoms with Crippen molar-refractivity contribution in [3.8, 4) is 0 Å². The molecule has 1 fully saturated rings. The topological polar surface area (TPSA) is 42.3 Å². The molecule has 1 aliphatic rings. The summed E-state index contributed by atoms with van der Waals surface area (Å²) in [5.41, 5.74) is 3.89. The molecule has 5 rings (SSSR count). The zero-order valence-electron chi connectivity index (χ0n) is 17.4. The summed E-state index contributed by atoms with van der Waals surface area (Å²) in [7, 11) is 0. The SMILES string of the molecule is O=C1S/C(=C/c2cn(Cc3ccccc3Cl)c3ccccc23)C(=O)N1Cc1ccc(I)cc1. The lowest BCUT2D eigenvalue weighted by Gasteiger charge is -2.12. The summed E-state index contributed by atoms with van der Waals surface area (Å²) >= 11 is 9.60. The van der Waals surface area contributed by atoms with E-state index < -0.39 is 0 Å². The molecule has 4 aromatic rings. The van der Waals surface area contributed by atoms with Crippen LogP contribution in [0.5, 0.6) is 0 Å². The van der Waals surface area contributed by atoms with Gasteiger partial charge in [-0.15, -0.1) is 0 Å². The number of thioether (sulfide) groups is 1. The quantitative estimate of drug-likeness (QED) is 0.184. The van der Waals surface area contributed by atoms with Crippen molar-refractivity contribution in [2.24, 2.45) is 0 Å². The van der Waals surface area contributed by atoms with Gasteiger partial charge in [-0.25, -0.2) is 0 Å². The number of rotatable bonds is 5. The van der Waals surface area contributed by atoms with E-state index in [1.54, 1.807) is 0 Å². The second-order valence-corrected chi connectivity index (χ2v) is 10.4.